The van der Waals surface area contributed by atoms with E-state index in [9.17, 15) is 9.59 Å². The first-order chi connectivity index (χ1) is 20.5. The molecule has 1 N–H and O–H groups in total. The monoisotopic (exact) mass is 607 g/mol. The van der Waals surface area contributed by atoms with Gasteiger partial charge in [-0.1, -0.05) is 35.9 Å². The second-order valence-corrected chi connectivity index (χ2v) is 13.1. The Hall–Kier alpha value is -4.17. The summed E-state index contributed by atoms with van der Waals surface area (Å²) < 4.78 is 7.33. The topological polar surface area (TPSA) is 84.9 Å². The zero-order chi connectivity index (χ0) is 30.5. The lowest BCUT2D eigenvalue weighted by Crippen LogP contribution is -2.27. The van der Waals surface area contributed by atoms with Gasteiger partial charge in [-0.05, 0) is 93.6 Å². The van der Waals surface area contributed by atoms with Gasteiger partial charge in [-0.2, -0.15) is 0 Å². The highest BCUT2D eigenvalue weighted by Crippen LogP contribution is 2.44. The number of ether oxygens (including phenoxy) is 1. The molecule has 43 heavy (non-hydrogen) atoms. The Balaban J connectivity index is 1.53. The van der Waals surface area contributed by atoms with Crippen LogP contribution in [0.1, 0.15) is 44.9 Å². The molecular weight excluding hydrogens is 578 g/mol. The number of hydrogen-bond donors (Lipinski definition) is 1. The number of nitrogens with one attached hydrogen (secondary N) is 1. The summed E-state index contributed by atoms with van der Waals surface area (Å²) in [6.45, 7) is 9.45. The summed E-state index contributed by atoms with van der Waals surface area (Å²) in [4.78, 5) is 37.5. The van der Waals surface area contributed by atoms with E-state index < -0.39 is 11.7 Å². The molecule has 0 unspecified atom stereocenters. The third-order valence-corrected chi connectivity index (χ3v) is 8.58. The number of nitrogens with zero attached hydrogens (tertiary/aromatic N) is 2. The van der Waals surface area contributed by atoms with Gasteiger partial charge in [0.05, 0.1) is 21.5 Å². The van der Waals surface area contributed by atoms with E-state index >= 15 is 0 Å². The Bertz CT molecular complexity index is 2070. The van der Waals surface area contributed by atoms with Crippen molar-refractivity contribution in [2.75, 3.05) is 0 Å². The Morgan fingerprint density at radius 3 is 2.40 bits per heavy atom. The van der Waals surface area contributed by atoms with Crippen LogP contribution in [0, 0.1) is 6.92 Å². The van der Waals surface area contributed by atoms with Gasteiger partial charge in [0.15, 0.2) is 5.78 Å². The summed E-state index contributed by atoms with van der Waals surface area (Å²) in [5.41, 5.74) is 7.13. The minimum Gasteiger partial charge on any atom is -0.360 e. The van der Waals surface area contributed by atoms with Crippen LogP contribution in [0.5, 0.6) is 0 Å². The molecule has 0 saturated carbocycles. The molecule has 0 radical (unpaired) electrons. The lowest BCUT2D eigenvalue weighted by Gasteiger charge is -2.29. The largest absolute Gasteiger partial charge is 0.360 e. The summed E-state index contributed by atoms with van der Waals surface area (Å²) in [6.07, 6.45) is 1.03. The van der Waals surface area contributed by atoms with Crippen molar-refractivity contribution in [3.05, 3.63) is 105 Å². The fourth-order valence-corrected chi connectivity index (χ4v) is 6.55. The maximum absolute atomic E-state index is 13.1. The molecule has 6 nitrogen and oxygen atoms in total. The van der Waals surface area contributed by atoms with E-state index in [0.29, 0.717) is 5.02 Å². The average molecular weight is 608 g/mol. The van der Waals surface area contributed by atoms with Gasteiger partial charge < -0.3 is 9.72 Å². The van der Waals surface area contributed by atoms with Gasteiger partial charge >= 0.3 is 0 Å². The maximum atomic E-state index is 13.1. The summed E-state index contributed by atoms with van der Waals surface area (Å²) in [7, 11) is 0. The average Bonchev–Trinajstić information content (AvgIpc) is 3.38. The molecular formula is C35H30ClN3O3S. The zero-order valence-electron chi connectivity index (χ0n) is 24.5. The molecule has 6 aromatic rings. The highest BCUT2D eigenvalue weighted by molar-refractivity contribution is 7.22. The van der Waals surface area contributed by atoms with Crippen molar-refractivity contribution >= 4 is 49.8 Å². The zero-order valence-corrected chi connectivity index (χ0v) is 26.1. The number of aromatic amines is 1. The molecule has 0 fully saturated rings. The molecule has 3 aromatic carbocycles. The van der Waals surface area contributed by atoms with Crippen LogP contribution in [0.3, 0.4) is 0 Å². The van der Waals surface area contributed by atoms with Crippen LogP contribution >= 0.6 is 22.9 Å². The minimum absolute atomic E-state index is 0.0622. The van der Waals surface area contributed by atoms with Crippen LogP contribution < -0.4 is 5.56 Å². The van der Waals surface area contributed by atoms with E-state index in [4.69, 9.17) is 21.3 Å². The van der Waals surface area contributed by atoms with Crippen LogP contribution in [0.25, 0.3) is 54.1 Å². The number of aryl methyl sites for hydroxylation is 1. The Morgan fingerprint density at radius 1 is 0.953 bits per heavy atom. The normalized spacial score (nSPS) is 12.6. The predicted octanol–water partition coefficient (Wildman–Crippen LogP) is 8.94. The van der Waals surface area contributed by atoms with E-state index in [1.807, 2.05) is 88.4 Å². The first-order valence-electron chi connectivity index (χ1n) is 13.9. The number of ketones is 1. The molecule has 0 spiro atoms. The second kappa shape index (κ2) is 11.2. The highest BCUT2D eigenvalue weighted by atomic mass is 35.5. The molecule has 0 amide bonds. The third kappa shape index (κ3) is 5.89. The van der Waals surface area contributed by atoms with E-state index in [1.165, 1.54) is 6.07 Å². The smallest absolute Gasteiger partial charge is 0.248 e. The lowest BCUT2D eigenvalue weighted by molar-refractivity contribution is -0.138. The summed E-state index contributed by atoms with van der Waals surface area (Å²) in [6, 6.07) is 22.9. The number of fused-ring (bicyclic) bond motifs is 2. The number of carbonyl (C=O) groups excluding carboxylic acids is 1. The van der Waals surface area contributed by atoms with Crippen LogP contribution in [0.15, 0.2) is 83.8 Å². The van der Waals surface area contributed by atoms with Crippen LogP contribution in [-0.2, 0) is 9.53 Å². The molecule has 3 aromatic heterocycles. The van der Waals surface area contributed by atoms with Crippen molar-refractivity contribution in [2.24, 2.45) is 0 Å². The molecule has 8 heteroatoms. The molecule has 6 rings (SSSR count). The van der Waals surface area contributed by atoms with E-state index in [2.05, 4.69) is 9.97 Å². The number of halogens is 1. The molecule has 0 bridgehead atoms. The standard InChI is InChI=1S/C35H30ClN3O3S/c1-19-16-28-33(31(22-8-11-25(36)12-9-22)30(19)32(20(2)40)42-35(3,4)5)43-34(39-28)24-14-15-37-26(18-24)23-7-6-21-10-13-29(41)38-27(21)17-23/h6-18,32H,1-5H3,(H,38,41)/t32-/m1/s1. The predicted molar refractivity (Wildman–Crippen MR) is 176 cm³/mol. The minimum atomic E-state index is -0.743. The van der Waals surface area contributed by atoms with Crippen molar-refractivity contribution in [2.45, 2.75) is 46.3 Å². The molecule has 216 valence electrons. The van der Waals surface area contributed by atoms with Crippen molar-refractivity contribution < 1.29 is 9.53 Å². The number of H-pyrrole nitrogens is 1. The molecule has 1 atom stereocenters. The number of Topliss-reactive ketones (excluding diaryl/α,β-unsaturated/α-hetero) is 1. The summed E-state index contributed by atoms with van der Waals surface area (Å²) >= 11 is 7.83. The van der Waals surface area contributed by atoms with Crippen LogP contribution in [0.4, 0.5) is 0 Å². The fourth-order valence-electron chi connectivity index (χ4n) is 5.30. The van der Waals surface area contributed by atoms with Crippen LogP contribution in [-0.4, -0.2) is 26.3 Å². The van der Waals surface area contributed by atoms with E-state index in [-0.39, 0.29) is 11.3 Å². The van der Waals surface area contributed by atoms with E-state index in [1.54, 1.807) is 30.5 Å². The van der Waals surface area contributed by atoms with Gasteiger partial charge in [0.1, 0.15) is 11.1 Å². The van der Waals surface area contributed by atoms with Gasteiger partial charge in [0.2, 0.25) is 5.56 Å². The number of hydrogen-bond acceptors (Lipinski definition) is 6. The number of thiazole rings is 1. The molecule has 0 aliphatic carbocycles. The third-order valence-electron chi connectivity index (χ3n) is 7.19. The molecule has 0 saturated heterocycles. The Kier molecular flexibility index (Phi) is 7.50. The molecule has 0 aliphatic heterocycles. The highest BCUT2D eigenvalue weighted by Gasteiger charge is 2.30. The number of rotatable bonds is 6. The Labute approximate surface area is 258 Å². The number of aromatic nitrogens is 3. The van der Waals surface area contributed by atoms with Crippen LogP contribution in [0.2, 0.25) is 5.02 Å². The number of carbonyl (C=O) groups is 1. The van der Waals surface area contributed by atoms with Gasteiger partial charge in [-0.15, -0.1) is 11.3 Å². The molecule has 0 aliphatic rings. The van der Waals surface area contributed by atoms with E-state index in [0.717, 1.165) is 65.2 Å². The molecule has 3 heterocycles. The SMILES string of the molecule is CC(=O)[C@@H](OC(C)(C)C)c1c(C)cc2nc(-c3ccnc(-c4ccc5ccc(=O)[nH]c5c4)c3)sc2c1-c1ccc(Cl)cc1. The number of benzene rings is 3. The number of pyridine rings is 2. The first-order valence-corrected chi connectivity index (χ1v) is 15.1. The van der Waals surface area contributed by atoms with Gasteiger partial charge in [-0.25, -0.2) is 4.98 Å². The van der Waals surface area contributed by atoms with Crippen molar-refractivity contribution in [3.8, 4) is 33.0 Å². The Morgan fingerprint density at radius 2 is 1.67 bits per heavy atom. The fraction of sp³-hybridized carbons (Fsp3) is 0.200. The van der Waals surface area contributed by atoms with Crippen molar-refractivity contribution in [3.63, 3.8) is 0 Å². The van der Waals surface area contributed by atoms with Gasteiger partial charge in [0, 0.05) is 45.1 Å². The van der Waals surface area contributed by atoms with Gasteiger partial charge in [0.25, 0.3) is 0 Å². The summed E-state index contributed by atoms with van der Waals surface area (Å²) in [5.74, 6) is -0.0622. The first kappa shape index (κ1) is 28.9. The van der Waals surface area contributed by atoms with Gasteiger partial charge in [-0.3, -0.25) is 14.6 Å². The van der Waals surface area contributed by atoms with Crippen molar-refractivity contribution in [1.29, 1.82) is 0 Å². The second-order valence-electron chi connectivity index (χ2n) is 11.6. The lowest BCUT2D eigenvalue weighted by atomic mass is 9.90. The summed E-state index contributed by atoms with van der Waals surface area (Å²) in [5, 5.41) is 2.41. The quantitative estimate of drug-likeness (QED) is 0.204. The maximum Gasteiger partial charge on any atom is 0.248 e. The van der Waals surface area contributed by atoms with Crippen molar-refractivity contribution in [1.82, 2.24) is 15.0 Å².